The van der Waals surface area contributed by atoms with Gasteiger partial charge in [-0.2, -0.15) is 0 Å². The SMILES string of the molecule is CCCCCCCCCCCCCC=CCC=COCC(COP(=O)(O)OCCN)OC(=O)CCC=CCC=CCCCCCCCCCCCCCC. The number of carbonyl (C=O) groups excluding carboxylic acids is 1. The van der Waals surface area contributed by atoms with Gasteiger partial charge in [0.1, 0.15) is 6.61 Å². The van der Waals surface area contributed by atoms with Gasteiger partial charge in [0.2, 0.25) is 0 Å². The first kappa shape index (κ1) is 52.3. The minimum absolute atomic E-state index is 0.0125. The summed E-state index contributed by atoms with van der Waals surface area (Å²) in [5.74, 6) is -0.427. The molecule has 2 unspecified atom stereocenters. The fourth-order valence-corrected chi connectivity index (χ4v) is 6.83. The Hall–Kier alpha value is -1.70. The smallest absolute Gasteiger partial charge is 0.472 e. The molecule has 9 heteroatoms. The van der Waals surface area contributed by atoms with Gasteiger partial charge >= 0.3 is 13.8 Å². The first-order chi connectivity index (χ1) is 26.4. The predicted molar refractivity (Wildman–Crippen MR) is 228 cm³/mol. The van der Waals surface area contributed by atoms with Gasteiger partial charge in [-0.3, -0.25) is 13.8 Å². The molecule has 0 saturated carbocycles. The molecule has 0 aromatic rings. The zero-order valence-electron chi connectivity index (χ0n) is 35.0. The van der Waals surface area contributed by atoms with Gasteiger partial charge in [0.05, 0.1) is 19.5 Å². The van der Waals surface area contributed by atoms with E-state index in [1.54, 1.807) is 6.26 Å². The van der Waals surface area contributed by atoms with E-state index in [9.17, 15) is 14.3 Å². The van der Waals surface area contributed by atoms with E-state index in [1.165, 1.54) is 148 Å². The molecular formula is C45H84NO7P. The number of unbranched alkanes of at least 4 members (excludes halogenated alkanes) is 23. The minimum atomic E-state index is -4.31. The number of rotatable bonds is 42. The van der Waals surface area contributed by atoms with Gasteiger partial charge in [-0.05, 0) is 51.0 Å². The molecule has 0 spiro atoms. The van der Waals surface area contributed by atoms with E-state index in [1.807, 2.05) is 12.2 Å². The quantitative estimate of drug-likeness (QED) is 0.0207. The molecule has 0 bridgehead atoms. The Bertz CT molecular complexity index is 968. The number of allylic oxidation sites excluding steroid dienone is 7. The molecule has 2 atom stereocenters. The highest BCUT2D eigenvalue weighted by Crippen LogP contribution is 2.43. The van der Waals surface area contributed by atoms with Crippen LogP contribution in [0.2, 0.25) is 0 Å². The molecule has 0 amide bonds. The normalized spacial score (nSPS) is 13.9. The Balaban J connectivity index is 4.18. The molecule has 3 N–H and O–H groups in total. The maximum atomic E-state index is 12.5. The molecule has 0 radical (unpaired) electrons. The van der Waals surface area contributed by atoms with Gasteiger partial charge < -0.3 is 20.1 Å². The Morgan fingerprint density at radius 3 is 1.46 bits per heavy atom. The molecule has 0 rings (SSSR count). The predicted octanol–water partition coefficient (Wildman–Crippen LogP) is 13.5. The monoisotopic (exact) mass is 782 g/mol. The third kappa shape index (κ3) is 41.5. The lowest BCUT2D eigenvalue weighted by Crippen LogP contribution is -2.27. The Morgan fingerprint density at radius 1 is 0.574 bits per heavy atom. The van der Waals surface area contributed by atoms with Gasteiger partial charge in [0.15, 0.2) is 6.10 Å². The second-order valence-electron chi connectivity index (χ2n) is 14.6. The highest BCUT2D eigenvalue weighted by molar-refractivity contribution is 7.47. The number of carbonyl (C=O) groups is 1. The van der Waals surface area contributed by atoms with Crippen LogP contribution in [0.3, 0.4) is 0 Å². The fraction of sp³-hybridized carbons (Fsp3) is 0.800. The van der Waals surface area contributed by atoms with E-state index < -0.39 is 19.9 Å². The summed E-state index contributed by atoms with van der Waals surface area (Å²) in [6.07, 6.45) is 51.1. The molecule has 54 heavy (non-hydrogen) atoms. The molecule has 0 fully saturated rings. The fourth-order valence-electron chi connectivity index (χ4n) is 6.06. The van der Waals surface area contributed by atoms with E-state index in [0.717, 1.165) is 25.7 Å². The summed E-state index contributed by atoms with van der Waals surface area (Å²) >= 11 is 0. The van der Waals surface area contributed by atoms with Crippen molar-refractivity contribution in [3.8, 4) is 0 Å². The number of phosphoric acid groups is 1. The lowest BCUT2D eigenvalue weighted by atomic mass is 10.0. The van der Waals surface area contributed by atoms with Crippen LogP contribution in [-0.4, -0.2) is 43.3 Å². The van der Waals surface area contributed by atoms with Crippen molar-refractivity contribution in [2.24, 2.45) is 5.73 Å². The van der Waals surface area contributed by atoms with Crippen LogP contribution in [0.1, 0.15) is 200 Å². The topological polar surface area (TPSA) is 117 Å². The lowest BCUT2D eigenvalue weighted by molar-refractivity contribution is -0.153. The van der Waals surface area contributed by atoms with Crippen LogP contribution in [0, 0.1) is 0 Å². The molecule has 8 nitrogen and oxygen atoms in total. The zero-order valence-corrected chi connectivity index (χ0v) is 35.8. The molecule has 316 valence electrons. The van der Waals surface area contributed by atoms with E-state index >= 15 is 0 Å². The Labute approximate surface area is 332 Å². The molecule has 0 aliphatic heterocycles. The lowest BCUT2D eigenvalue weighted by Gasteiger charge is -2.19. The van der Waals surface area contributed by atoms with Crippen molar-refractivity contribution >= 4 is 13.8 Å². The molecule has 0 saturated heterocycles. The average molecular weight is 782 g/mol. The van der Waals surface area contributed by atoms with Crippen molar-refractivity contribution < 1.29 is 32.8 Å². The molecule has 0 aromatic carbocycles. The van der Waals surface area contributed by atoms with Gasteiger partial charge in [-0.25, -0.2) is 4.57 Å². The summed E-state index contributed by atoms with van der Waals surface area (Å²) in [4.78, 5) is 22.4. The average Bonchev–Trinajstić information content (AvgIpc) is 3.16. The van der Waals surface area contributed by atoms with Crippen LogP contribution < -0.4 is 5.73 Å². The van der Waals surface area contributed by atoms with Gasteiger partial charge in [-0.15, -0.1) is 0 Å². The maximum absolute atomic E-state index is 12.5. The summed E-state index contributed by atoms with van der Waals surface area (Å²) in [7, 11) is -4.31. The first-order valence-corrected chi connectivity index (χ1v) is 23.7. The number of esters is 1. The van der Waals surface area contributed by atoms with E-state index in [2.05, 4.69) is 44.2 Å². The summed E-state index contributed by atoms with van der Waals surface area (Å²) in [5.41, 5.74) is 5.36. The van der Waals surface area contributed by atoms with Crippen molar-refractivity contribution in [2.45, 2.75) is 206 Å². The standard InChI is InChI=1S/C45H84NO7P/c1-3-5-7-9-11-13-15-17-19-21-22-23-24-26-28-30-32-34-36-38-45(47)53-44(43-52-54(48,49)51-41-39-46)42-50-40-37-35-33-31-29-27-25-20-18-16-14-12-10-8-6-4-2/h26,28,31-34,37,40,44H,3-25,27,29-30,35-36,38-39,41-43,46H2,1-2H3,(H,48,49). The van der Waals surface area contributed by atoms with Crippen LogP contribution in [0.4, 0.5) is 0 Å². The largest absolute Gasteiger partial charge is 0.498 e. The summed E-state index contributed by atoms with van der Waals surface area (Å²) in [6.45, 7) is 4.15. The number of hydrogen-bond acceptors (Lipinski definition) is 7. The van der Waals surface area contributed by atoms with Gasteiger partial charge in [0.25, 0.3) is 0 Å². The second kappa shape index (κ2) is 42.4. The van der Waals surface area contributed by atoms with Crippen molar-refractivity contribution in [1.82, 2.24) is 0 Å². The van der Waals surface area contributed by atoms with Crippen molar-refractivity contribution in [2.75, 3.05) is 26.4 Å². The van der Waals surface area contributed by atoms with Crippen molar-refractivity contribution in [3.63, 3.8) is 0 Å². The van der Waals surface area contributed by atoms with Crippen molar-refractivity contribution in [1.29, 1.82) is 0 Å². The summed E-state index contributed by atoms with van der Waals surface area (Å²) < 4.78 is 33.0. The second-order valence-corrected chi connectivity index (χ2v) is 16.1. The number of phosphoric ester groups is 1. The van der Waals surface area contributed by atoms with E-state index in [4.69, 9.17) is 24.3 Å². The first-order valence-electron chi connectivity index (χ1n) is 22.2. The van der Waals surface area contributed by atoms with Crippen LogP contribution in [0.15, 0.2) is 48.8 Å². The summed E-state index contributed by atoms with van der Waals surface area (Å²) in [6, 6.07) is 0. The Kier molecular flexibility index (Phi) is 41.1. The van der Waals surface area contributed by atoms with E-state index in [-0.39, 0.29) is 32.8 Å². The molecule has 0 aliphatic carbocycles. The minimum Gasteiger partial charge on any atom is -0.498 e. The highest BCUT2D eigenvalue weighted by Gasteiger charge is 2.25. The highest BCUT2D eigenvalue weighted by atomic mass is 31.2. The van der Waals surface area contributed by atoms with Gasteiger partial charge in [0, 0.05) is 13.0 Å². The van der Waals surface area contributed by atoms with Crippen LogP contribution in [0.5, 0.6) is 0 Å². The third-order valence-electron chi connectivity index (χ3n) is 9.33. The van der Waals surface area contributed by atoms with Crippen LogP contribution in [0.25, 0.3) is 0 Å². The van der Waals surface area contributed by atoms with Gasteiger partial charge in [-0.1, -0.05) is 185 Å². The molecule has 0 heterocycles. The van der Waals surface area contributed by atoms with E-state index in [0.29, 0.717) is 6.42 Å². The van der Waals surface area contributed by atoms with Crippen LogP contribution in [-0.2, 0) is 27.9 Å². The maximum Gasteiger partial charge on any atom is 0.472 e. The van der Waals surface area contributed by atoms with Crippen LogP contribution >= 0.6 is 7.82 Å². The molecular weight excluding hydrogens is 697 g/mol. The van der Waals surface area contributed by atoms with Crippen molar-refractivity contribution in [3.05, 3.63) is 48.8 Å². The zero-order chi connectivity index (χ0) is 39.5. The molecule has 0 aromatic heterocycles. The summed E-state index contributed by atoms with van der Waals surface area (Å²) in [5, 5.41) is 0. The number of hydrogen-bond donors (Lipinski definition) is 2. The Morgan fingerprint density at radius 2 is 1.00 bits per heavy atom. The number of ether oxygens (including phenoxy) is 2. The number of nitrogens with two attached hydrogens (primary N) is 1. The third-order valence-corrected chi connectivity index (χ3v) is 10.3. The molecule has 0 aliphatic rings.